The second kappa shape index (κ2) is 9.82. The van der Waals surface area contributed by atoms with Crippen LogP contribution in [0.1, 0.15) is 60.0 Å². The third kappa shape index (κ3) is 5.16. The molecule has 0 aliphatic heterocycles. The number of ether oxygens (including phenoxy) is 1. The van der Waals surface area contributed by atoms with Crippen LogP contribution < -0.4 is 10.1 Å². The number of benzene rings is 3. The Morgan fingerprint density at radius 3 is 2.29 bits per heavy atom. The molecule has 160 valence electrons. The second-order valence-corrected chi connectivity index (χ2v) is 8.42. The van der Waals surface area contributed by atoms with Gasteiger partial charge in [-0.2, -0.15) is 0 Å². The fraction of sp³-hybridized carbons (Fsp3) is 0.321. The number of fused-ring (bicyclic) bond motifs is 1. The molecule has 2 atom stereocenters. The van der Waals surface area contributed by atoms with Gasteiger partial charge in [0.1, 0.15) is 5.75 Å². The molecule has 0 saturated carbocycles. The van der Waals surface area contributed by atoms with E-state index in [2.05, 4.69) is 60.8 Å². The SMILES string of the molecule is CC[C@H](Oc1ccc2c(c1)CCCC2)C(=O)N[C@H](c1ccccc1)c1ccc(C)cc1. The van der Waals surface area contributed by atoms with Gasteiger partial charge in [-0.1, -0.05) is 73.2 Å². The summed E-state index contributed by atoms with van der Waals surface area (Å²) in [6, 6.07) is 24.5. The molecule has 1 aliphatic carbocycles. The molecule has 3 nitrogen and oxygen atoms in total. The molecule has 0 saturated heterocycles. The second-order valence-electron chi connectivity index (χ2n) is 8.42. The van der Waals surface area contributed by atoms with Crippen LogP contribution in [-0.2, 0) is 17.6 Å². The van der Waals surface area contributed by atoms with E-state index in [9.17, 15) is 4.79 Å². The van der Waals surface area contributed by atoms with E-state index < -0.39 is 6.10 Å². The van der Waals surface area contributed by atoms with Crippen molar-refractivity contribution in [3.05, 3.63) is 101 Å². The molecule has 1 N–H and O–H groups in total. The molecule has 3 aromatic rings. The van der Waals surface area contributed by atoms with Crippen molar-refractivity contribution in [2.45, 2.75) is 58.1 Å². The maximum absolute atomic E-state index is 13.3. The quantitative estimate of drug-likeness (QED) is 0.521. The summed E-state index contributed by atoms with van der Waals surface area (Å²) in [5.41, 5.74) is 6.10. The monoisotopic (exact) mass is 413 g/mol. The first-order valence-electron chi connectivity index (χ1n) is 11.3. The predicted molar refractivity (Wildman–Crippen MR) is 125 cm³/mol. The summed E-state index contributed by atoms with van der Waals surface area (Å²) in [4.78, 5) is 13.3. The van der Waals surface area contributed by atoms with Gasteiger partial charge in [0, 0.05) is 0 Å². The Kier molecular flexibility index (Phi) is 6.71. The molecule has 4 rings (SSSR count). The van der Waals surface area contributed by atoms with Crippen LogP contribution >= 0.6 is 0 Å². The van der Waals surface area contributed by atoms with Crippen molar-refractivity contribution in [3.8, 4) is 5.75 Å². The molecule has 0 unspecified atom stereocenters. The van der Waals surface area contributed by atoms with Crippen molar-refractivity contribution in [2.24, 2.45) is 0 Å². The van der Waals surface area contributed by atoms with Crippen LogP contribution in [-0.4, -0.2) is 12.0 Å². The molecule has 3 aromatic carbocycles. The van der Waals surface area contributed by atoms with Gasteiger partial charge in [-0.05, 0) is 73.4 Å². The molecule has 0 spiro atoms. The molecule has 0 bridgehead atoms. The first-order valence-corrected chi connectivity index (χ1v) is 11.3. The number of carbonyl (C=O) groups is 1. The maximum atomic E-state index is 13.3. The summed E-state index contributed by atoms with van der Waals surface area (Å²) in [6.45, 7) is 4.06. The first kappa shape index (κ1) is 21.2. The Labute approximate surface area is 185 Å². The van der Waals surface area contributed by atoms with Gasteiger partial charge in [0.05, 0.1) is 6.04 Å². The summed E-state index contributed by atoms with van der Waals surface area (Å²) < 4.78 is 6.17. The van der Waals surface area contributed by atoms with Crippen LogP contribution in [0.5, 0.6) is 5.75 Å². The minimum absolute atomic E-state index is 0.0883. The van der Waals surface area contributed by atoms with Gasteiger partial charge in [-0.25, -0.2) is 0 Å². The van der Waals surface area contributed by atoms with Crippen molar-refractivity contribution in [1.82, 2.24) is 5.32 Å². The molecular formula is C28H31NO2. The van der Waals surface area contributed by atoms with Crippen LogP contribution in [0.25, 0.3) is 0 Å². The zero-order valence-corrected chi connectivity index (χ0v) is 18.4. The highest BCUT2D eigenvalue weighted by Gasteiger charge is 2.24. The van der Waals surface area contributed by atoms with Crippen LogP contribution in [0, 0.1) is 6.92 Å². The third-order valence-electron chi connectivity index (χ3n) is 6.09. The van der Waals surface area contributed by atoms with Crippen LogP contribution in [0.15, 0.2) is 72.8 Å². The number of amides is 1. The van der Waals surface area contributed by atoms with E-state index in [1.807, 2.05) is 31.2 Å². The number of rotatable bonds is 7. The van der Waals surface area contributed by atoms with E-state index in [0.717, 1.165) is 29.7 Å². The number of hydrogen-bond donors (Lipinski definition) is 1. The maximum Gasteiger partial charge on any atom is 0.261 e. The van der Waals surface area contributed by atoms with E-state index in [-0.39, 0.29) is 11.9 Å². The van der Waals surface area contributed by atoms with Gasteiger partial charge in [-0.3, -0.25) is 4.79 Å². The topological polar surface area (TPSA) is 38.3 Å². The summed E-state index contributed by atoms with van der Waals surface area (Å²) >= 11 is 0. The number of nitrogens with one attached hydrogen (secondary N) is 1. The van der Waals surface area contributed by atoms with Crippen molar-refractivity contribution >= 4 is 5.91 Å². The van der Waals surface area contributed by atoms with Crippen molar-refractivity contribution < 1.29 is 9.53 Å². The molecule has 3 heteroatoms. The number of aryl methyl sites for hydroxylation is 3. The molecule has 1 aliphatic rings. The van der Waals surface area contributed by atoms with Gasteiger partial charge < -0.3 is 10.1 Å². The summed E-state index contributed by atoms with van der Waals surface area (Å²) in [5, 5.41) is 3.24. The Hall–Kier alpha value is -3.07. The van der Waals surface area contributed by atoms with Crippen LogP contribution in [0.2, 0.25) is 0 Å². The lowest BCUT2D eigenvalue weighted by atomic mass is 9.92. The average Bonchev–Trinajstić information content (AvgIpc) is 2.82. The first-order chi connectivity index (χ1) is 15.1. The molecule has 0 heterocycles. The molecule has 31 heavy (non-hydrogen) atoms. The molecule has 0 fully saturated rings. The largest absolute Gasteiger partial charge is 0.481 e. The van der Waals surface area contributed by atoms with Gasteiger partial charge in [0.15, 0.2) is 6.10 Å². The predicted octanol–water partition coefficient (Wildman–Crippen LogP) is 5.94. The summed E-state index contributed by atoms with van der Waals surface area (Å²) in [7, 11) is 0. The number of carbonyl (C=O) groups excluding carboxylic acids is 1. The van der Waals surface area contributed by atoms with E-state index in [1.165, 1.54) is 29.5 Å². The third-order valence-corrected chi connectivity index (χ3v) is 6.09. The Morgan fingerprint density at radius 2 is 1.58 bits per heavy atom. The lowest BCUT2D eigenvalue weighted by Gasteiger charge is -2.24. The lowest BCUT2D eigenvalue weighted by molar-refractivity contribution is -0.128. The Bertz CT molecular complexity index is 1010. The standard InChI is InChI=1S/C28H31NO2/c1-3-26(31-25-18-17-21-9-7-8-12-24(21)19-25)28(30)29-27(22-10-5-4-6-11-22)23-15-13-20(2)14-16-23/h4-6,10-11,13-19,26-27H,3,7-9,12H2,1-2H3,(H,29,30)/t26-,27+/m0/s1. The van der Waals surface area contributed by atoms with E-state index in [1.54, 1.807) is 0 Å². The van der Waals surface area contributed by atoms with Crippen molar-refractivity contribution in [1.29, 1.82) is 0 Å². The molecule has 1 amide bonds. The minimum Gasteiger partial charge on any atom is -0.481 e. The van der Waals surface area contributed by atoms with E-state index >= 15 is 0 Å². The number of hydrogen-bond acceptors (Lipinski definition) is 2. The van der Waals surface area contributed by atoms with Crippen molar-refractivity contribution in [3.63, 3.8) is 0 Å². The van der Waals surface area contributed by atoms with E-state index in [4.69, 9.17) is 4.74 Å². The zero-order chi connectivity index (χ0) is 21.6. The lowest BCUT2D eigenvalue weighted by Crippen LogP contribution is -2.40. The molecule has 0 aromatic heterocycles. The van der Waals surface area contributed by atoms with Crippen LogP contribution in [0.3, 0.4) is 0 Å². The fourth-order valence-electron chi connectivity index (χ4n) is 4.27. The van der Waals surface area contributed by atoms with Gasteiger partial charge in [0.2, 0.25) is 0 Å². The smallest absolute Gasteiger partial charge is 0.261 e. The van der Waals surface area contributed by atoms with E-state index in [0.29, 0.717) is 6.42 Å². The molecular weight excluding hydrogens is 382 g/mol. The fourth-order valence-corrected chi connectivity index (χ4v) is 4.27. The Morgan fingerprint density at radius 1 is 0.903 bits per heavy atom. The minimum atomic E-state index is -0.529. The van der Waals surface area contributed by atoms with Crippen molar-refractivity contribution in [2.75, 3.05) is 0 Å². The summed E-state index contributed by atoms with van der Waals surface area (Å²) in [5.74, 6) is 0.698. The van der Waals surface area contributed by atoms with Gasteiger partial charge >= 0.3 is 0 Å². The normalized spacial score (nSPS) is 14.9. The molecule has 0 radical (unpaired) electrons. The highest BCUT2D eigenvalue weighted by Crippen LogP contribution is 2.27. The zero-order valence-electron chi connectivity index (χ0n) is 18.4. The highest BCUT2D eigenvalue weighted by atomic mass is 16.5. The highest BCUT2D eigenvalue weighted by molar-refractivity contribution is 5.82. The van der Waals surface area contributed by atoms with Crippen LogP contribution in [0.4, 0.5) is 0 Å². The average molecular weight is 414 g/mol. The summed E-state index contributed by atoms with van der Waals surface area (Å²) in [6.07, 6.45) is 4.80. The Balaban J connectivity index is 1.53. The van der Waals surface area contributed by atoms with Gasteiger partial charge in [-0.15, -0.1) is 0 Å². The van der Waals surface area contributed by atoms with Gasteiger partial charge in [0.25, 0.3) is 5.91 Å².